The maximum Gasteiger partial charge on any atom is 0.295 e. The molecule has 3 aromatic rings. The molecule has 32 heavy (non-hydrogen) atoms. The highest BCUT2D eigenvalue weighted by Gasteiger charge is 2.18. The molecule has 2 amide bonds. The van der Waals surface area contributed by atoms with Crippen LogP contribution in [0.4, 0.5) is 5.69 Å². The van der Waals surface area contributed by atoms with Gasteiger partial charge in [0, 0.05) is 25.7 Å². The zero-order valence-electron chi connectivity index (χ0n) is 18.8. The molecule has 0 aliphatic heterocycles. The first kappa shape index (κ1) is 22.9. The van der Waals surface area contributed by atoms with Crippen molar-refractivity contribution in [1.29, 1.82) is 0 Å². The molecular formula is C24H28N4O4. The largest absolute Gasteiger partial charge is 0.484 e. The lowest BCUT2D eigenvalue weighted by molar-refractivity contribution is -0.118. The highest BCUT2D eigenvalue weighted by molar-refractivity contribution is 5.94. The summed E-state index contributed by atoms with van der Waals surface area (Å²) in [6, 6.07) is 15.9. The quantitative estimate of drug-likeness (QED) is 0.588. The van der Waals surface area contributed by atoms with Crippen molar-refractivity contribution in [3.63, 3.8) is 0 Å². The van der Waals surface area contributed by atoms with E-state index in [1.165, 1.54) is 4.68 Å². The smallest absolute Gasteiger partial charge is 0.295 e. The Hall–Kier alpha value is -3.81. The lowest BCUT2D eigenvalue weighted by Gasteiger charge is -2.18. The third kappa shape index (κ3) is 4.74. The molecule has 0 fully saturated rings. The SMILES string of the molecule is CCN(CC)C(=O)c1ccc(OCC(=O)Nc2c(C)n(C)n(-c3ccccc3)c2=O)cc1. The van der Waals surface area contributed by atoms with Crippen LogP contribution in [-0.2, 0) is 11.8 Å². The number of benzene rings is 2. The van der Waals surface area contributed by atoms with Crippen LogP contribution in [0.3, 0.4) is 0 Å². The number of carbonyl (C=O) groups is 2. The summed E-state index contributed by atoms with van der Waals surface area (Å²) in [4.78, 5) is 39.4. The highest BCUT2D eigenvalue weighted by atomic mass is 16.5. The number of hydrogen-bond acceptors (Lipinski definition) is 4. The van der Waals surface area contributed by atoms with Gasteiger partial charge in [0.05, 0.1) is 11.4 Å². The van der Waals surface area contributed by atoms with Gasteiger partial charge in [0.25, 0.3) is 17.4 Å². The Labute approximate surface area is 187 Å². The predicted octanol–water partition coefficient (Wildman–Crippen LogP) is 2.98. The Balaban J connectivity index is 1.66. The number of nitrogens with zero attached hydrogens (tertiary/aromatic N) is 3. The Morgan fingerprint density at radius 1 is 1.00 bits per heavy atom. The molecule has 0 aliphatic carbocycles. The standard InChI is InChI=1S/C24H28N4O4/c1-5-27(6-2)23(30)18-12-14-20(15-13-18)32-16-21(29)25-22-17(3)26(4)28(24(22)31)19-10-8-7-9-11-19/h7-15H,5-6,16H2,1-4H3,(H,25,29). The van der Waals surface area contributed by atoms with Crippen LogP contribution in [0, 0.1) is 6.92 Å². The average molecular weight is 437 g/mol. The number of ether oxygens (including phenoxy) is 1. The fraction of sp³-hybridized carbons (Fsp3) is 0.292. The lowest BCUT2D eigenvalue weighted by atomic mass is 10.2. The first-order valence-corrected chi connectivity index (χ1v) is 10.5. The van der Waals surface area contributed by atoms with Gasteiger partial charge in [-0.15, -0.1) is 0 Å². The molecular weight excluding hydrogens is 408 g/mol. The van der Waals surface area contributed by atoms with Gasteiger partial charge in [-0.3, -0.25) is 19.1 Å². The molecule has 1 N–H and O–H groups in total. The molecule has 1 heterocycles. The van der Waals surface area contributed by atoms with Crippen LogP contribution in [0.15, 0.2) is 59.4 Å². The molecule has 0 bridgehead atoms. The Bertz CT molecular complexity index is 1140. The second-order valence-corrected chi connectivity index (χ2v) is 7.28. The molecule has 0 saturated carbocycles. The van der Waals surface area contributed by atoms with Crippen molar-refractivity contribution in [2.45, 2.75) is 20.8 Å². The molecule has 0 saturated heterocycles. The normalized spacial score (nSPS) is 10.6. The van der Waals surface area contributed by atoms with Crippen LogP contribution in [0.2, 0.25) is 0 Å². The van der Waals surface area contributed by atoms with Gasteiger partial charge < -0.3 is 15.0 Å². The van der Waals surface area contributed by atoms with Crippen molar-refractivity contribution >= 4 is 17.5 Å². The molecule has 0 atom stereocenters. The Morgan fingerprint density at radius 3 is 2.22 bits per heavy atom. The van der Waals surface area contributed by atoms with Gasteiger partial charge in [-0.05, 0) is 57.2 Å². The van der Waals surface area contributed by atoms with E-state index in [4.69, 9.17) is 4.74 Å². The maximum atomic E-state index is 12.9. The number of nitrogens with one attached hydrogen (secondary N) is 1. The van der Waals surface area contributed by atoms with Crippen LogP contribution < -0.4 is 15.6 Å². The minimum Gasteiger partial charge on any atom is -0.484 e. The molecule has 3 rings (SSSR count). The van der Waals surface area contributed by atoms with E-state index in [1.54, 1.807) is 47.8 Å². The van der Waals surface area contributed by atoms with E-state index in [9.17, 15) is 14.4 Å². The first-order chi connectivity index (χ1) is 15.4. The van der Waals surface area contributed by atoms with Crippen molar-refractivity contribution in [3.8, 4) is 11.4 Å². The zero-order chi connectivity index (χ0) is 23.3. The van der Waals surface area contributed by atoms with Gasteiger partial charge in [-0.2, -0.15) is 0 Å². The van der Waals surface area contributed by atoms with E-state index in [2.05, 4.69) is 5.32 Å². The Kier molecular flexibility index (Phi) is 7.14. The first-order valence-electron chi connectivity index (χ1n) is 10.5. The number of anilines is 1. The van der Waals surface area contributed by atoms with Crippen LogP contribution in [0.5, 0.6) is 5.75 Å². The maximum absolute atomic E-state index is 12.9. The molecule has 8 nitrogen and oxygen atoms in total. The van der Waals surface area contributed by atoms with Crippen LogP contribution in [-0.4, -0.2) is 45.8 Å². The number of amides is 2. The Morgan fingerprint density at radius 2 is 1.62 bits per heavy atom. The molecule has 8 heteroatoms. The second kappa shape index (κ2) is 10.00. The number of carbonyl (C=O) groups excluding carboxylic acids is 2. The zero-order valence-corrected chi connectivity index (χ0v) is 18.8. The summed E-state index contributed by atoms with van der Waals surface area (Å²) < 4.78 is 8.73. The summed E-state index contributed by atoms with van der Waals surface area (Å²) >= 11 is 0. The molecule has 0 radical (unpaired) electrons. The highest BCUT2D eigenvalue weighted by Crippen LogP contribution is 2.16. The molecule has 0 spiro atoms. The minimum atomic E-state index is -0.445. The number of hydrogen-bond donors (Lipinski definition) is 1. The van der Waals surface area contributed by atoms with E-state index in [-0.39, 0.29) is 23.8 Å². The molecule has 2 aromatic carbocycles. The lowest BCUT2D eigenvalue weighted by Crippen LogP contribution is -2.30. The minimum absolute atomic E-state index is 0.0476. The molecule has 1 aromatic heterocycles. The van der Waals surface area contributed by atoms with E-state index >= 15 is 0 Å². The third-order valence-corrected chi connectivity index (χ3v) is 5.34. The fourth-order valence-corrected chi connectivity index (χ4v) is 3.42. The summed E-state index contributed by atoms with van der Waals surface area (Å²) in [5.74, 6) is -0.0319. The summed E-state index contributed by atoms with van der Waals surface area (Å²) in [5, 5.41) is 2.66. The van der Waals surface area contributed by atoms with Crippen molar-refractivity contribution in [2.75, 3.05) is 25.0 Å². The van der Waals surface area contributed by atoms with Gasteiger partial charge in [0.15, 0.2) is 6.61 Å². The van der Waals surface area contributed by atoms with E-state index < -0.39 is 5.91 Å². The average Bonchev–Trinajstić information content (AvgIpc) is 3.02. The number of rotatable bonds is 8. The van der Waals surface area contributed by atoms with Crippen LogP contribution >= 0.6 is 0 Å². The monoisotopic (exact) mass is 436 g/mol. The van der Waals surface area contributed by atoms with Gasteiger partial charge in [0.2, 0.25) is 0 Å². The fourth-order valence-electron chi connectivity index (χ4n) is 3.42. The third-order valence-electron chi connectivity index (χ3n) is 5.34. The second-order valence-electron chi connectivity index (χ2n) is 7.28. The summed E-state index contributed by atoms with van der Waals surface area (Å²) in [5.41, 5.74) is 1.80. The van der Waals surface area contributed by atoms with Crippen molar-refractivity contribution < 1.29 is 14.3 Å². The van der Waals surface area contributed by atoms with Gasteiger partial charge in [-0.25, -0.2) is 4.68 Å². The van der Waals surface area contributed by atoms with Gasteiger partial charge in [-0.1, -0.05) is 18.2 Å². The van der Waals surface area contributed by atoms with E-state index in [0.717, 1.165) is 0 Å². The van der Waals surface area contributed by atoms with Gasteiger partial charge in [0.1, 0.15) is 11.4 Å². The molecule has 168 valence electrons. The van der Waals surface area contributed by atoms with Crippen LogP contribution in [0.1, 0.15) is 29.9 Å². The number of aromatic nitrogens is 2. The molecule has 0 aliphatic rings. The summed E-state index contributed by atoms with van der Waals surface area (Å²) in [7, 11) is 1.76. The predicted molar refractivity (Wildman–Crippen MR) is 124 cm³/mol. The van der Waals surface area contributed by atoms with Crippen molar-refractivity contribution in [3.05, 3.63) is 76.2 Å². The van der Waals surface area contributed by atoms with Gasteiger partial charge >= 0.3 is 0 Å². The van der Waals surface area contributed by atoms with E-state index in [0.29, 0.717) is 35.8 Å². The van der Waals surface area contributed by atoms with Crippen molar-refractivity contribution in [2.24, 2.45) is 7.05 Å². The molecule has 0 unspecified atom stereocenters. The topological polar surface area (TPSA) is 85.6 Å². The number of para-hydroxylation sites is 1. The summed E-state index contributed by atoms with van der Waals surface area (Å²) in [6.07, 6.45) is 0. The summed E-state index contributed by atoms with van der Waals surface area (Å²) in [6.45, 7) is 6.64. The van der Waals surface area contributed by atoms with Crippen molar-refractivity contribution in [1.82, 2.24) is 14.3 Å². The van der Waals surface area contributed by atoms with Crippen LogP contribution in [0.25, 0.3) is 5.69 Å². The van der Waals surface area contributed by atoms with E-state index in [1.807, 2.05) is 44.2 Å².